The third kappa shape index (κ3) is 7.36. The van der Waals surface area contributed by atoms with E-state index in [2.05, 4.69) is 21.8 Å². The van der Waals surface area contributed by atoms with Gasteiger partial charge in [-0.2, -0.15) is 8.42 Å². The van der Waals surface area contributed by atoms with Crippen LogP contribution in [-0.2, 0) is 19.6 Å². The number of aliphatic hydroxyl groups excluding tert-OH is 1. The molecule has 3 heterocycles. The summed E-state index contributed by atoms with van der Waals surface area (Å²) in [7, 11) is -4.16. The van der Waals surface area contributed by atoms with Gasteiger partial charge in [0.15, 0.2) is 0 Å². The van der Waals surface area contributed by atoms with Gasteiger partial charge in [0.1, 0.15) is 12.1 Å². The third-order valence-electron chi connectivity index (χ3n) is 8.39. The van der Waals surface area contributed by atoms with E-state index in [1.165, 1.54) is 6.33 Å². The Bertz CT molecular complexity index is 1320. The average molecular weight is 608 g/mol. The predicted molar refractivity (Wildman–Crippen MR) is 155 cm³/mol. The normalized spacial score (nSPS) is 23.7. The van der Waals surface area contributed by atoms with E-state index in [9.17, 15) is 22.9 Å². The number of aromatic nitrogens is 2. The SMILES string of the molecule is C[C@@H]1C[C@@H](O)c2ncnc(N3CCN(C(=O)[C@H](CN(CCS(=O)(=O)O)CC4CCOC4)c4ccc(Cl)cc4)CC3)c21. The minimum atomic E-state index is -4.16. The fraction of sp³-hybridized carbons (Fsp3) is 0.607. The van der Waals surface area contributed by atoms with Crippen molar-refractivity contribution >= 4 is 33.4 Å². The molecule has 3 aliphatic rings. The Morgan fingerprint density at radius 3 is 2.59 bits per heavy atom. The number of hydrogen-bond donors (Lipinski definition) is 2. The van der Waals surface area contributed by atoms with Crippen molar-refractivity contribution in [3.8, 4) is 0 Å². The quantitative estimate of drug-likeness (QED) is 0.387. The first kappa shape index (κ1) is 30.1. The van der Waals surface area contributed by atoms with E-state index in [4.69, 9.17) is 16.3 Å². The summed E-state index contributed by atoms with van der Waals surface area (Å²) >= 11 is 6.15. The average Bonchev–Trinajstić information content (AvgIpc) is 3.57. The van der Waals surface area contributed by atoms with Crippen molar-refractivity contribution in [3.63, 3.8) is 0 Å². The highest BCUT2D eigenvalue weighted by Gasteiger charge is 2.36. The number of hydrogen-bond acceptors (Lipinski definition) is 9. The fourth-order valence-corrected chi connectivity index (χ4v) is 6.80. The Morgan fingerprint density at radius 2 is 1.93 bits per heavy atom. The zero-order valence-corrected chi connectivity index (χ0v) is 24.8. The van der Waals surface area contributed by atoms with Gasteiger partial charge in [-0.25, -0.2) is 9.97 Å². The number of carbonyl (C=O) groups is 1. The lowest BCUT2D eigenvalue weighted by Gasteiger charge is -2.39. The summed E-state index contributed by atoms with van der Waals surface area (Å²) in [5.74, 6) is 0.234. The first-order valence-corrected chi connectivity index (χ1v) is 16.1. The van der Waals surface area contributed by atoms with E-state index in [1.807, 2.05) is 21.9 Å². The summed E-state index contributed by atoms with van der Waals surface area (Å²) < 4.78 is 38.1. The molecule has 1 aromatic heterocycles. The van der Waals surface area contributed by atoms with Crippen molar-refractivity contribution in [1.82, 2.24) is 19.8 Å². The molecule has 224 valence electrons. The van der Waals surface area contributed by atoms with Gasteiger partial charge < -0.3 is 24.5 Å². The van der Waals surface area contributed by atoms with Crippen LogP contribution in [0.15, 0.2) is 30.6 Å². The van der Waals surface area contributed by atoms with Crippen LogP contribution >= 0.6 is 11.6 Å². The number of carbonyl (C=O) groups excluding carboxylic acids is 1. The molecule has 4 atom stereocenters. The van der Waals surface area contributed by atoms with Gasteiger partial charge in [-0.3, -0.25) is 9.35 Å². The molecule has 13 heteroatoms. The maximum absolute atomic E-state index is 14.1. The number of amides is 1. The zero-order chi connectivity index (χ0) is 29.1. The maximum atomic E-state index is 14.1. The summed E-state index contributed by atoms with van der Waals surface area (Å²) in [6, 6.07) is 7.21. The Morgan fingerprint density at radius 1 is 1.20 bits per heavy atom. The first-order chi connectivity index (χ1) is 19.6. The van der Waals surface area contributed by atoms with Crippen LogP contribution < -0.4 is 4.90 Å². The monoisotopic (exact) mass is 607 g/mol. The minimum Gasteiger partial charge on any atom is -0.387 e. The molecule has 0 spiro atoms. The fourth-order valence-electron chi connectivity index (χ4n) is 6.19. The van der Waals surface area contributed by atoms with Gasteiger partial charge in [0.2, 0.25) is 5.91 Å². The molecule has 0 bridgehead atoms. The molecule has 41 heavy (non-hydrogen) atoms. The van der Waals surface area contributed by atoms with Gasteiger partial charge in [0, 0.05) is 63.0 Å². The van der Waals surface area contributed by atoms with Gasteiger partial charge in [0.25, 0.3) is 10.1 Å². The highest BCUT2D eigenvalue weighted by atomic mass is 35.5. The number of fused-ring (bicyclic) bond motifs is 1. The van der Waals surface area contributed by atoms with E-state index in [1.54, 1.807) is 12.1 Å². The van der Waals surface area contributed by atoms with Crippen molar-refractivity contribution in [3.05, 3.63) is 52.4 Å². The predicted octanol–water partition coefficient (Wildman–Crippen LogP) is 2.33. The molecule has 1 amide bonds. The van der Waals surface area contributed by atoms with Crippen LogP contribution in [0.3, 0.4) is 0 Å². The number of nitrogens with zero attached hydrogens (tertiary/aromatic N) is 5. The van der Waals surface area contributed by atoms with Crippen LogP contribution in [-0.4, -0.2) is 109 Å². The Labute approximate surface area is 246 Å². The molecule has 2 aliphatic heterocycles. The highest BCUT2D eigenvalue weighted by Crippen LogP contribution is 2.42. The zero-order valence-electron chi connectivity index (χ0n) is 23.2. The second-order valence-corrected chi connectivity index (χ2v) is 13.3. The number of piperazine rings is 1. The highest BCUT2D eigenvalue weighted by molar-refractivity contribution is 7.85. The van der Waals surface area contributed by atoms with Gasteiger partial charge in [-0.1, -0.05) is 30.7 Å². The first-order valence-electron chi connectivity index (χ1n) is 14.2. The topological polar surface area (TPSA) is 136 Å². The van der Waals surface area contributed by atoms with E-state index < -0.39 is 27.9 Å². The molecule has 0 saturated carbocycles. The molecule has 1 unspecified atom stereocenters. The molecule has 0 radical (unpaired) electrons. The Balaban J connectivity index is 1.32. The number of benzene rings is 1. The summed E-state index contributed by atoms with van der Waals surface area (Å²) in [6.45, 7) is 6.51. The lowest BCUT2D eigenvalue weighted by molar-refractivity contribution is -0.133. The van der Waals surface area contributed by atoms with Crippen LogP contribution in [0.25, 0.3) is 0 Å². The van der Waals surface area contributed by atoms with Crippen molar-refractivity contribution in [1.29, 1.82) is 0 Å². The lowest BCUT2D eigenvalue weighted by Crippen LogP contribution is -2.52. The van der Waals surface area contributed by atoms with Crippen molar-refractivity contribution in [2.24, 2.45) is 5.92 Å². The molecule has 2 saturated heterocycles. The second kappa shape index (κ2) is 12.9. The van der Waals surface area contributed by atoms with Crippen molar-refractivity contribution < 1.29 is 27.6 Å². The van der Waals surface area contributed by atoms with E-state index >= 15 is 0 Å². The number of aliphatic hydroxyl groups is 1. The number of ether oxygens (including phenoxy) is 1. The summed E-state index contributed by atoms with van der Waals surface area (Å²) in [4.78, 5) is 28.9. The van der Waals surface area contributed by atoms with Gasteiger partial charge in [-0.05, 0) is 42.4 Å². The molecule has 2 N–H and O–H groups in total. The summed E-state index contributed by atoms with van der Waals surface area (Å²) in [5.41, 5.74) is 2.49. The molecular formula is C28H38ClN5O6S. The smallest absolute Gasteiger partial charge is 0.266 e. The van der Waals surface area contributed by atoms with Gasteiger partial charge >= 0.3 is 0 Å². The molecule has 1 aromatic carbocycles. The second-order valence-electron chi connectivity index (χ2n) is 11.3. The largest absolute Gasteiger partial charge is 0.387 e. The Kier molecular flexibility index (Phi) is 9.47. The summed E-state index contributed by atoms with van der Waals surface area (Å²) in [6.07, 6.45) is 2.42. The lowest BCUT2D eigenvalue weighted by atomic mass is 9.95. The molecule has 2 aromatic rings. The molecule has 1 aliphatic carbocycles. The van der Waals surface area contributed by atoms with Gasteiger partial charge in [0.05, 0.1) is 30.1 Å². The van der Waals surface area contributed by atoms with Crippen LogP contribution in [0.1, 0.15) is 54.5 Å². The molecule has 5 rings (SSSR count). The van der Waals surface area contributed by atoms with Crippen LogP contribution in [0.4, 0.5) is 5.82 Å². The van der Waals surface area contributed by atoms with Gasteiger partial charge in [-0.15, -0.1) is 0 Å². The minimum absolute atomic E-state index is 0.0387. The van der Waals surface area contributed by atoms with Crippen LogP contribution in [0.5, 0.6) is 0 Å². The van der Waals surface area contributed by atoms with Crippen LogP contribution in [0, 0.1) is 5.92 Å². The third-order valence-corrected chi connectivity index (χ3v) is 9.34. The van der Waals surface area contributed by atoms with Crippen molar-refractivity contribution in [2.75, 3.05) is 69.7 Å². The van der Waals surface area contributed by atoms with Crippen molar-refractivity contribution in [2.45, 2.75) is 37.7 Å². The molecule has 11 nitrogen and oxygen atoms in total. The number of anilines is 1. The molecule has 2 fully saturated rings. The van der Waals surface area contributed by atoms with E-state index in [0.717, 1.165) is 23.4 Å². The summed E-state index contributed by atoms with van der Waals surface area (Å²) in [5, 5.41) is 11.0. The molecular weight excluding hydrogens is 570 g/mol. The maximum Gasteiger partial charge on any atom is 0.266 e. The number of halogens is 1. The van der Waals surface area contributed by atoms with Crippen LogP contribution in [0.2, 0.25) is 5.02 Å². The number of rotatable bonds is 10. The van der Waals surface area contributed by atoms with E-state index in [0.29, 0.717) is 69.6 Å². The standard InChI is InChI=1S/C28H38ClN5O6S/c1-19-14-24(35)26-25(19)27(31-18-30-26)33-7-9-34(10-8-33)28(36)23(21-2-4-22(29)5-3-21)16-32(11-13-41(37,38)39)15-20-6-12-40-17-20/h2-5,18-20,23-24,35H,6-17H2,1H3,(H,37,38,39)/t19-,20?,23-,24-/m1/s1. The Hall–Kier alpha value is -2.35. The van der Waals surface area contributed by atoms with E-state index in [-0.39, 0.29) is 24.3 Å².